The number of hydrogen-bond donors (Lipinski definition) is 0. The number of rotatable bonds is 5. The molecule has 0 spiro atoms. The Balaban J connectivity index is 1.69. The summed E-state index contributed by atoms with van der Waals surface area (Å²) in [4.78, 5) is 1.84. The lowest BCUT2D eigenvalue weighted by Gasteiger charge is -2.30. The van der Waals surface area contributed by atoms with Crippen LogP contribution in [0.3, 0.4) is 0 Å². The molecule has 23 heavy (non-hydrogen) atoms. The van der Waals surface area contributed by atoms with E-state index in [1.54, 1.807) is 12.1 Å². The number of morpholine rings is 1. The van der Waals surface area contributed by atoms with E-state index in [1.165, 1.54) is 0 Å². The lowest BCUT2D eigenvalue weighted by atomic mass is 10.1. The summed E-state index contributed by atoms with van der Waals surface area (Å²) in [6.07, 6.45) is 0. The van der Waals surface area contributed by atoms with Crippen molar-refractivity contribution < 1.29 is 10.8 Å². The van der Waals surface area contributed by atoms with Crippen LogP contribution in [0.4, 0.5) is 0 Å². The van der Waals surface area contributed by atoms with E-state index < -0.39 is 6.02 Å². The van der Waals surface area contributed by atoms with Gasteiger partial charge in [0.25, 0.3) is 0 Å². The van der Waals surface area contributed by atoms with Gasteiger partial charge in [0.1, 0.15) is 18.4 Å². The Labute approximate surface area is 138 Å². The summed E-state index contributed by atoms with van der Waals surface area (Å²) in [5, 5.41) is 9.56. The summed E-state index contributed by atoms with van der Waals surface area (Å²) < 4.78 is 19.7. The molecule has 3 rings (SSSR count). The van der Waals surface area contributed by atoms with Gasteiger partial charge in [-0.25, -0.2) is 0 Å². The van der Waals surface area contributed by atoms with E-state index in [0.717, 1.165) is 11.3 Å². The number of benzene rings is 2. The van der Waals surface area contributed by atoms with E-state index in [9.17, 15) is 5.26 Å². The topological polar surface area (TPSA) is 45.5 Å². The van der Waals surface area contributed by atoms with Crippen molar-refractivity contribution in [3.63, 3.8) is 0 Å². The number of nitriles is 1. The molecular weight excluding hydrogens is 288 g/mol. The summed E-state index contributed by atoms with van der Waals surface area (Å²) >= 11 is 0. The van der Waals surface area contributed by atoms with Gasteiger partial charge in [-0.05, 0) is 23.3 Å². The van der Waals surface area contributed by atoms with Gasteiger partial charge in [0, 0.05) is 13.1 Å². The van der Waals surface area contributed by atoms with Gasteiger partial charge >= 0.3 is 0 Å². The van der Waals surface area contributed by atoms with Crippen molar-refractivity contribution in [3.05, 3.63) is 65.7 Å². The molecule has 1 fully saturated rings. The number of nitrogens with zero attached hydrogens (tertiary/aromatic N) is 2. The monoisotopic (exact) mass is 309 g/mol. The van der Waals surface area contributed by atoms with E-state index >= 15 is 0 Å². The maximum Gasteiger partial charge on any atom is 0.124 e. The molecule has 4 heteroatoms. The second-order valence-electron chi connectivity index (χ2n) is 5.36. The zero-order chi connectivity index (χ0) is 16.8. The van der Waals surface area contributed by atoms with Gasteiger partial charge in [0.05, 0.1) is 20.7 Å². The Morgan fingerprint density at radius 3 is 2.48 bits per heavy atom. The van der Waals surface area contributed by atoms with Crippen LogP contribution in [0, 0.1) is 11.3 Å². The lowest BCUT2D eigenvalue weighted by molar-refractivity contribution is 0.0266. The molecule has 1 aliphatic heterocycles. The summed E-state index contributed by atoms with van der Waals surface area (Å²) in [6.45, 7) is 2.78. The molecule has 1 heterocycles. The molecule has 0 aromatic heterocycles. The van der Waals surface area contributed by atoms with E-state index in [-0.39, 0.29) is 0 Å². The molecule has 1 saturated heterocycles. The molecule has 0 amide bonds. The highest BCUT2D eigenvalue weighted by molar-refractivity contribution is 5.32. The average Bonchev–Trinajstić information content (AvgIpc) is 2.67. The third-order valence-electron chi connectivity index (χ3n) is 3.81. The summed E-state index contributed by atoms with van der Waals surface area (Å²) in [6, 6.07) is 17.9. The molecule has 118 valence electrons. The van der Waals surface area contributed by atoms with Gasteiger partial charge in [-0.3, -0.25) is 4.90 Å². The minimum Gasteiger partial charge on any atom is -0.489 e. The predicted molar refractivity (Wildman–Crippen MR) is 88.0 cm³/mol. The first-order valence-electron chi connectivity index (χ1n) is 8.24. The second kappa shape index (κ2) is 7.77. The lowest BCUT2D eigenvalue weighted by Crippen LogP contribution is -2.38. The molecule has 0 saturated carbocycles. The first-order chi connectivity index (χ1) is 11.7. The quantitative estimate of drug-likeness (QED) is 0.851. The molecule has 1 atom stereocenters. The van der Waals surface area contributed by atoms with Gasteiger partial charge in [-0.2, -0.15) is 5.26 Å². The minimum absolute atomic E-state index is 0.494. The number of hydrogen-bond acceptors (Lipinski definition) is 4. The fourth-order valence-corrected chi connectivity index (χ4v) is 2.55. The van der Waals surface area contributed by atoms with Crippen LogP contribution in [0.2, 0.25) is 0 Å². The first kappa shape index (κ1) is 14.3. The van der Waals surface area contributed by atoms with Crippen LogP contribution in [0.1, 0.15) is 18.5 Å². The zero-order valence-corrected chi connectivity index (χ0v) is 12.9. The second-order valence-corrected chi connectivity index (χ2v) is 5.36. The molecule has 0 radical (unpaired) electrons. The van der Waals surface area contributed by atoms with E-state index in [1.807, 2.05) is 47.4 Å². The van der Waals surface area contributed by atoms with Crippen LogP contribution in [-0.4, -0.2) is 31.2 Å². The summed E-state index contributed by atoms with van der Waals surface area (Å²) in [5.74, 6) is 0.727. The van der Waals surface area contributed by atoms with Crippen LogP contribution in [0.15, 0.2) is 54.6 Å². The number of ether oxygens (including phenoxy) is 2. The molecule has 2 aromatic carbocycles. The molecule has 0 N–H and O–H groups in total. The third-order valence-corrected chi connectivity index (χ3v) is 3.81. The fourth-order valence-electron chi connectivity index (χ4n) is 2.55. The van der Waals surface area contributed by atoms with Gasteiger partial charge in [0.2, 0.25) is 0 Å². The highest BCUT2D eigenvalue weighted by atomic mass is 16.5. The van der Waals surface area contributed by atoms with Crippen LogP contribution in [0.25, 0.3) is 0 Å². The Bertz CT molecular complexity index is 694. The van der Waals surface area contributed by atoms with Crippen LogP contribution in [0.5, 0.6) is 5.75 Å². The molecule has 1 aliphatic rings. The van der Waals surface area contributed by atoms with Gasteiger partial charge in [-0.15, -0.1) is 0 Å². The van der Waals surface area contributed by atoms with Crippen LogP contribution >= 0.6 is 0 Å². The Hall–Kier alpha value is -2.35. The van der Waals surface area contributed by atoms with Crippen molar-refractivity contribution in [1.82, 2.24) is 4.90 Å². The first-order valence-corrected chi connectivity index (χ1v) is 7.74. The minimum atomic E-state index is -1.39. The molecular formula is C19H20N2O2. The van der Waals surface area contributed by atoms with Crippen molar-refractivity contribution >= 4 is 0 Å². The van der Waals surface area contributed by atoms with Crippen molar-refractivity contribution in [3.8, 4) is 11.8 Å². The summed E-state index contributed by atoms with van der Waals surface area (Å²) in [7, 11) is 0. The fraction of sp³-hybridized carbons (Fsp3) is 0.316. The maximum atomic E-state index is 9.56. The highest BCUT2D eigenvalue weighted by Crippen LogP contribution is 2.23. The van der Waals surface area contributed by atoms with Crippen molar-refractivity contribution in [1.29, 1.82) is 5.26 Å². The molecule has 0 bridgehead atoms. The van der Waals surface area contributed by atoms with Crippen LogP contribution in [-0.2, 0) is 11.3 Å². The Morgan fingerprint density at radius 1 is 1.13 bits per heavy atom. The normalized spacial score (nSPS) is 18.5. The van der Waals surface area contributed by atoms with Crippen molar-refractivity contribution in [2.45, 2.75) is 12.6 Å². The standard InChI is InChI=1S/C19H20N2O2/c20-14-19(21-10-12-22-13-11-21)17-6-8-18(9-7-17)23-15-16-4-2-1-3-5-16/h1-9,19H,10-13,15H2/i19D. The zero-order valence-electron chi connectivity index (χ0n) is 13.9. The Morgan fingerprint density at radius 2 is 1.83 bits per heavy atom. The molecule has 1 unspecified atom stereocenters. The van der Waals surface area contributed by atoms with E-state index in [2.05, 4.69) is 6.07 Å². The van der Waals surface area contributed by atoms with Gasteiger partial charge in [-0.1, -0.05) is 42.5 Å². The Kier molecular flexibility index (Phi) is 4.82. The highest BCUT2D eigenvalue weighted by Gasteiger charge is 2.22. The smallest absolute Gasteiger partial charge is 0.124 e. The van der Waals surface area contributed by atoms with Crippen LogP contribution < -0.4 is 4.74 Å². The predicted octanol–water partition coefficient (Wildman–Crippen LogP) is 3.16. The average molecular weight is 309 g/mol. The summed E-state index contributed by atoms with van der Waals surface area (Å²) in [5.41, 5.74) is 1.75. The van der Waals surface area contributed by atoms with Crippen molar-refractivity contribution in [2.24, 2.45) is 0 Å². The van der Waals surface area contributed by atoms with Gasteiger partial charge in [0.15, 0.2) is 0 Å². The maximum absolute atomic E-state index is 9.56. The van der Waals surface area contributed by atoms with Gasteiger partial charge < -0.3 is 9.47 Å². The largest absolute Gasteiger partial charge is 0.489 e. The molecule has 0 aliphatic carbocycles. The SMILES string of the molecule is [2H]C(C#N)(c1ccc(OCc2ccccc2)cc1)N1CCOCC1. The third kappa shape index (κ3) is 4.10. The molecule has 2 aromatic rings. The van der Waals surface area contributed by atoms with Crippen molar-refractivity contribution in [2.75, 3.05) is 26.3 Å². The molecule has 4 nitrogen and oxygen atoms in total. The van der Waals surface area contributed by atoms with E-state index in [4.69, 9.17) is 10.8 Å². The van der Waals surface area contributed by atoms with E-state index in [0.29, 0.717) is 38.5 Å².